The first kappa shape index (κ1) is 21.2. The third-order valence-electron chi connectivity index (χ3n) is 3.41. The van der Waals surface area contributed by atoms with E-state index in [0.717, 1.165) is 31.4 Å². The molecule has 2 N–H and O–H groups in total. The lowest BCUT2D eigenvalue weighted by Gasteiger charge is -2.22. The summed E-state index contributed by atoms with van der Waals surface area (Å²) in [6.07, 6.45) is 4.24. The summed E-state index contributed by atoms with van der Waals surface area (Å²) < 4.78 is 22.6. The highest BCUT2D eigenvalue weighted by molar-refractivity contribution is 7.90. The molecule has 0 aromatic rings. The Bertz CT molecular complexity index is 429. The maximum absolute atomic E-state index is 11.3. The van der Waals surface area contributed by atoms with E-state index >= 15 is 0 Å². The Morgan fingerprint density at radius 2 is 1.86 bits per heavy atom. The maximum atomic E-state index is 11.3. The summed E-state index contributed by atoms with van der Waals surface area (Å²) in [4.78, 5) is 4.60. The van der Waals surface area contributed by atoms with Gasteiger partial charge in [0.1, 0.15) is 9.84 Å². The van der Waals surface area contributed by atoms with Crippen molar-refractivity contribution in [1.29, 1.82) is 0 Å². The second kappa shape index (κ2) is 10.1. The molecule has 5 nitrogen and oxygen atoms in total. The number of hydrogen-bond donors (Lipinski definition) is 2. The van der Waals surface area contributed by atoms with Gasteiger partial charge in [0.2, 0.25) is 0 Å². The molecular weight excluding hydrogens is 298 g/mol. The van der Waals surface area contributed by atoms with Crippen LogP contribution < -0.4 is 10.6 Å². The quantitative estimate of drug-likeness (QED) is 0.366. The minimum atomic E-state index is -2.91. The van der Waals surface area contributed by atoms with Crippen molar-refractivity contribution in [2.75, 3.05) is 31.6 Å². The van der Waals surface area contributed by atoms with Crippen molar-refractivity contribution in [3.8, 4) is 0 Å². The predicted octanol–water partition coefficient (Wildman–Crippen LogP) is 2.44. The van der Waals surface area contributed by atoms with Crippen molar-refractivity contribution in [2.45, 2.75) is 53.9 Å². The molecule has 0 unspecified atom stereocenters. The van der Waals surface area contributed by atoms with Gasteiger partial charge in [0.15, 0.2) is 5.96 Å². The largest absolute Gasteiger partial charge is 0.357 e. The average molecular weight is 334 g/mol. The maximum Gasteiger partial charge on any atom is 0.191 e. The molecule has 0 bridgehead atoms. The number of guanidine groups is 1. The van der Waals surface area contributed by atoms with Crippen molar-refractivity contribution in [3.63, 3.8) is 0 Å². The third-order valence-corrected chi connectivity index (χ3v) is 4.36. The molecule has 0 amide bonds. The van der Waals surface area contributed by atoms with E-state index < -0.39 is 9.84 Å². The molecule has 0 rings (SSSR count). The summed E-state index contributed by atoms with van der Waals surface area (Å²) in [5.41, 5.74) is -0.122. The summed E-state index contributed by atoms with van der Waals surface area (Å²) in [6.45, 7) is 13.0. The highest BCUT2D eigenvalue weighted by atomic mass is 32.2. The van der Waals surface area contributed by atoms with Crippen LogP contribution in [0.5, 0.6) is 0 Å². The van der Waals surface area contributed by atoms with Gasteiger partial charge in [-0.25, -0.2) is 8.42 Å². The van der Waals surface area contributed by atoms with E-state index in [-0.39, 0.29) is 11.2 Å². The van der Waals surface area contributed by atoms with Crippen molar-refractivity contribution >= 4 is 15.8 Å². The zero-order chi connectivity index (χ0) is 17.2. The molecule has 132 valence electrons. The molecule has 0 aliphatic carbocycles. The Kier molecular flexibility index (Phi) is 9.72. The van der Waals surface area contributed by atoms with Crippen LogP contribution in [0.4, 0.5) is 0 Å². The van der Waals surface area contributed by atoms with Gasteiger partial charge in [0.05, 0.1) is 5.75 Å². The van der Waals surface area contributed by atoms with E-state index in [1.54, 1.807) is 0 Å². The summed E-state index contributed by atoms with van der Waals surface area (Å²) in [6, 6.07) is 0. The fourth-order valence-corrected chi connectivity index (χ4v) is 2.82. The number of sulfone groups is 1. The van der Waals surface area contributed by atoms with Crippen LogP contribution in [0, 0.1) is 11.3 Å². The summed E-state index contributed by atoms with van der Waals surface area (Å²) >= 11 is 0. The van der Waals surface area contributed by atoms with Crippen LogP contribution in [-0.4, -0.2) is 46.0 Å². The van der Waals surface area contributed by atoms with Crippen molar-refractivity contribution in [1.82, 2.24) is 10.6 Å². The second-order valence-electron chi connectivity index (χ2n) is 7.20. The Balaban J connectivity index is 4.38. The molecule has 0 aromatic heterocycles. The fraction of sp³-hybridized carbons (Fsp3) is 0.938. The number of nitrogens with one attached hydrogen (secondary N) is 2. The van der Waals surface area contributed by atoms with E-state index in [1.807, 2.05) is 6.92 Å². The molecule has 0 heterocycles. The summed E-state index contributed by atoms with van der Waals surface area (Å²) in [5, 5.41) is 6.58. The minimum Gasteiger partial charge on any atom is -0.357 e. The van der Waals surface area contributed by atoms with Crippen LogP contribution in [-0.2, 0) is 9.84 Å². The van der Waals surface area contributed by atoms with Gasteiger partial charge >= 0.3 is 0 Å². The molecule has 0 radical (unpaired) electrons. The molecule has 0 spiro atoms. The van der Waals surface area contributed by atoms with Crippen molar-refractivity contribution < 1.29 is 8.42 Å². The van der Waals surface area contributed by atoms with E-state index in [2.05, 4.69) is 43.3 Å². The SMILES string of the molecule is CCNC(=NCC(C)(C)CCS(C)(=O)=O)NCCCC(C)C. The normalized spacial score (nSPS) is 13.5. The van der Waals surface area contributed by atoms with E-state index in [4.69, 9.17) is 0 Å². The Morgan fingerprint density at radius 3 is 2.36 bits per heavy atom. The predicted molar refractivity (Wildman–Crippen MR) is 96.2 cm³/mol. The molecule has 0 aromatic carbocycles. The van der Waals surface area contributed by atoms with E-state index in [9.17, 15) is 8.42 Å². The van der Waals surface area contributed by atoms with E-state index in [1.165, 1.54) is 12.7 Å². The van der Waals surface area contributed by atoms with Gasteiger partial charge in [-0.1, -0.05) is 27.7 Å². The lowest BCUT2D eigenvalue weighted by molar-refractivity contribution is 0.365. The molecule has 22 heavy (non-hydrogen) atoms. The highest BCUT2D eigenvalue weighted by Gasteiger charge is 2.20. The lowest BCUT2D eigenvalue weighted by atomic mass is 9.90. The molecular formula is C16H35N3O2S. The van der Waals surface area contributed by atoms with Gasteiger partial charge in [0, 0.05) is 25.9 Å². The Labute approximate surface area is 137 Å². The van der Waals surface area contributed by atoms with Gasteiger partial charge < -0.3 is 10.6 Å². The zero-order valence-electron chi connectivity index (χ0n) is 15.2. The lowest BCUT2D eigenvalue weighted by Crippen LogP contribution is -2.38. The fourth-order valence-electron chi connectivity index (χ4n) is 1.89. The van der Waals surface area contributed by atoms with Gasteiger partial charge in [-0.2, -0.15) is 0 Å². The minimum absolute atomic E-state index is 0.122. The molecule has 0 aliphatic heterocycles. The van der Waals surface area contributed by atoms with Gasteiger partial charge in [-0.3, -0.25) is 4.99 Å². The first-order valence-electron chi connectivity index (χ1n) is 8.25. The topological polar surface area (TPSA) is 70.6 Å². The molecule has 0 aliphatic rings. The number of hydrogen-bond acceptors (Lipinski definition) is 3. The molecule has 0 saturated carbocycles. The highest BCUT2D eigenvalue weighted by Crippen LogP contribution is 2.21. The first-order chi connectivity index (χ1) is 10.1. The van der Waals surface area contributed by atoms with Crippen LogP contribution >= 0.6 is 0 Å². The van der Waals surface area contributed by atoms with Crippen LogP contribution in [0.1, 0.15) is 53.9 Å². The van der Waals surface area contributed by atoms with Crippen molar-refractivity contribution in [2.24, 2.45) is 16.3 Å². The summed E-state index contributed by atoms with van der Waals surface area (Å²) in [7, 11) is -2.91. The molecule has 0 atom stereocenters. The second-order valence-corrected chi connectivity index (χ2v) is 9.46. The molecule has 6 heteroatoms. The standard InChI is InChI=1S/C16H35N3O2S/c1-7-17-15(18-11-8-9-14(2)3)19-13-16(4,5)10-12-22(6,20)21/h14H,7-13H2,1-6H3,(H2,17,18,19). The number of nitrogens with zero attached hydrogens (tertiary/aromatic N) is 1. The van der Waals surface area contributed by atoms with Crippen molar-refractivity contribution in [3.05, 3.63) is 0 Å². The van der Waals surface area contributed by atoms with Crippen LogP contribution in [0.25, 0.3) is 0 Å². The van der Waals surface area contributed by atoms with Crippen LogP contribution in [0.3, 0.4) is 0 Å². The van der Waals surface area contributed by atoms with Gasteiger partial charge in [0.25, 0.3) is 0 Å². The third kappa shape index (κ3) is 12.9. The molecule has 0 fully saturated rings. The van der Waals surface area contributed by atoms with E-state index in [0.29, 0.717) is 13.0 Å². The molecule has 0 saturated heterocycles. The number of aliphatic imine (C=N–C) groups is 1. The summed E-state index contributed by atoms with van der Waals surface area (Å²) in [5.74, 6) is 1.75. The monoisotopic (exact) mass is 333 g/mol. The Hall–Kier alpha value is -0.780. The smallest absolute Gasteiger partial charge is 0.191 e. The van der Waals surface area contributed by atoms with Gasteiger partial charge in [-0.05, 0) is 37.5 Å². The zero-order valence-corrected chi connectivity index (χ0v) is 16.0. The Morgan fingerprint density at radius 1 is 1.23 bits per heavy atom. The van der Waals surface area contributed by atoms with Crippen LogP contribution in [0.15, 0.2) is 4.99 Å². The van der Waals surface area contributed by atoms with Crippen LogP contribution in [0.2, 0.25) is 0 Å². The number of rotatable bonds is 10. The van der Waals surface area contributed by atoms with Gasteiger partial charge in [-0.15, -0.1) is 0 Å². The average Bonchev–Trinajstić information content (AvgIpc) is 2.38. The first-order valence-corrected chi connectivity index (χ1v) is 10.3.